The molecule has 0 spiro atoms. The van der Waals surface area contributed by atoms with Crippen molar-refractivity contribution in [1.82, 2.24) is 5.48 Å². The summed E-state index contributed by atoms with van der Waals surface area (Å²) in [4.78, 5) is 10.9. The minimum Gasteiger partial charge on any atom is -0.374 e. The molecule has 0 bridgehead atoms. The van der Waals surface area contributed by atoms with E-state index < -0.39 is 0 Å². The standard InChI is InChI=1S/C11H19NO3/c1-2-7-15-10-5-3-9(4-6-10)8-11(13)12-14/h2,9-10,14H,1,3-8H2,(H,12,13). The average molecular weight is 213 g/mol. The van der Waals surface area contributed by atoms with Gasteiger partial charge in [0, 0.05) is 6.42 Å². The lowest BCUT2D eigenvalue weighted by Gasteiger charge is -2.27. The van der Waals surface area contributed by atoms with Crippen LogP contribution in [0.25, 0.3) is 0 Å². The predicted octanol–water partition coefficient (Wildman–Crippen LogP) is 1.64. The molecule has 1 fully saturated rings. The maximum Gasteiger partial charge on any atom is 0.243 e. The van der Waals surface area contributed by atoms with Gasteiger partial charge in [-0.25, -0.2) is 5.48 Å². The first-order valence-electron chi connectivity index (χ1n) is 5.41. The van der Waals surface area contributed by atoms with Gasteiger partial charge >= 0.3 is 0 Å². The van der Waals surface area contributed by atoms with Gasteiger partial charge < -0.3 is 4.74 Å². The topological polar surface area (TPSA) is 58.6 Å². The van der Waals surface area contributed by atoms with Gasteiger partial charge in [-0.1, -0.05) is 6.08 Å². The van der Waals surface area contributed by atoms with E-state index in [1.165, 1.54) is 0 Å². The van der Waals surface area contributed by atoms with Gasteiger partial charge in [0.05, 0.1) is 12.7 Å². The molecule has 4 heteroatoms. The highest BCUT2D eigenvalue weighted by Gasteiger charge is 2.22. The van der Waals surface area contributed by atoms with Crippen LogP contribution in [0.5, 0.6) is 0 Å². The molecular weight excluding hydrogens is 194 g/mol. The van der Waals surface area contributed by atoms with Crippen molar-refractivity contribution in [2.45, 2.75) is 38.2 Å². The van der Waals surface area contributed by atoms with Crippen LogP contribution in [0.2, 0.25) is 0 Å². The molecule has 0 radical (unpaired) electrons. The fraction of sp³-hybridized carbons (Fsp3) is 0.727. The number of hydrogen-bond acceptors (Lipinski definition) is 3. The Balaban J connectivity index is 2.17. The van der Waals surface area contributed by atoms with Crippen molar-refractivity contribution < 1.29 is 14.7 Å². The molecule has 0 unspecified atom stereocenters. The molecule has 15 heavy (non-hydrogen) atoms. The van der Waals surface area contributed by atoms with Crippen LogP contribution in [0.15, 0.2) is 12.7 Å². The number of carbonyl (C=O) groups excluding carboxylic acids is 1. The Labute approximate surface area is 90.3 Å². The highest BCUT2D eigenvalue weighted by atomic mass is 16.5. The third-order valence-corrected chi connectivity index (χ3v) is 2.84. The van der Waals surface area contributed by atoms with Gasteiger partial charge in [0.1, 0.15) is 0 Å². The summed E-state index contributed by atoms with van der Waals surface area (Å²) in [7, 11) is 0. The molecule has 2 N–H and O–H groups in total. The second kappa shape index (κ2) is 6.58. The summed E-state index contributed by atoms with van der Waals surface area (Å²) < 4.78 is 5.54. The van der Waals surface area contributed by atoms with Gasteiger partial charge in [-0.05, 0) is 31.6 Å². The van der Waals surface area contributed by atoms with Gasteiger partial charge in [0.2, 0.25) is 5.91 Å². The van der Waals surface area contributed by atoms with Crippen LogP contribution in [0.1, 0.15) is 32.1 Å². The van der Waals surface area contributed by atoms with E-state index >= 15 is 0 Å². The number of rotatable bonds is 5. The summed E-state index contributed by atoms with van der Waals surface area (Å²) in [5, 5.41) is 8.40. The largest absolute Gasteiger partial charge is 0.374 e. The highest BCUT2D eigenvalue weighted by molar-refractivity contribution is 5.74. The molecule has 1 amide bonds. The lowest BCUT2D eigenvalue weighted by atomic mass is 9.85. The van der Waals surface area contributed by atoms with E-state index in [1.54, 1.807) is 11.6 Å². The van der Waals surface area contributed by atoms with Gasteiger partial charge in [-0.3, -0.25) is 10.0 Å². The van der Waals surface area contributed by atoms with Crippen LogP contribution >= 0.6 is 0 Å². The number of amides is 1. The van der Waals surface area contributed by atoms with Crippen molar-refractivity contribution >= 4 is 5.91 Å². The molecule has 0 aromatic carbocycles. The first kappa shape index (κ1) is 12.2. The van der Waals surface area contributed by atoms with Crippen LogP contribution in [0.3, 0.4) is 0 Å². The maximum atomic E-state index is 10.9. The minimum atomic E-state index is -0.287. The minimum absolute atomic E-state index is 0.287. The highest BCUT2D eigenvalue weighted by Crippen LogP contribution is 2.28. The summed E-state index contributed by atoms with van der Waals surface area (Å²) in [5.41, 5.74) is 1.67. The molecule has 0 saturated heterocycles. The van der Waals surface area contributed by atoms with Gasteiger partial charge in [-0.2, -0.15) is 0 Å². The lowest BCUT2D eigenvalue weighted by molar-refractivity contribution is -0.130. The first-order valence-corrected chi connectivity index (χ1v) is 5.41. The fourth-order valence-corrected chi connectivity index (χ4v) is 2.01. The second-order valence-corrected chi connectivity index (χ2v) is 4.00. The normalized spacial score (nSPS) is 25.9. The zero-order valence-electron chi connectivity index (χ0n) is 8.95. The van der Waals surface area contributed by atoms with Crippen LogP contribution in [0.4, 0.5) is 0 Å². The van der Waals surface area contributed by atoms with Gasteiger partial charge in [0.25, 0.3) is 0 Å². The van der Waals surface area contributed by atoms with Gasteiger partial charge in [0.15, 0.2) is 0 Å². The SMILES string of the molecule is C=CCOC1CCC(CC(=O)NO)CC1. The molecule has 0 aromatic heterocycles. The summed E-state index contributed by atoms with van der Waals surface area (Å²) >= 11 is 0. The van der Waals surface area contributed by atoms with Crippen molar-refractivity contribution in [3.05, 3.63) is 12.7 Å². The quantitative estimate of drug-likeness (QED) is 0.414. The molecule has 4 nitrogen and oxygen atoms in total. The summed E-state index contributed by atoms with van der Waals surface area (Å²) in [6.45, 7) is 4.21. The van der Waals surface area contributed by atoms with Crippen molar-refractivity contribution in [3.63, 3.8) is 0 Å². The van der Waals surface area contributed by atoms with Crippen LogP contribution in [-0.4, -0.2) is 23.8 Å². The predicted molar refractivity (Wildman–Crippen MR) is 56.4 cm³/mol. The van der Waals surface area contributed by atoms with Crippen LogP contribution in [0, 0.1) is 5.92 Å². The van der Waals surface area contributed by atoms with E-state index in [2.05, 4.69) is 6.58 Å². The van der Waals surface area contributed by atoms with Crippen molar-refractivity contribution in [2.24, 2.45) is 5.92 Å². The molecule has 0 aromatic rings. The third-order valence-electron chi connectivity index (χ3n) is 2.84. The van der Waals surface area contributed by atoms with Crippen LogP contribution < -0.4 is 5.48 Å². The molecular formula is C11H19NO3. The molecule has 86 valence electrons. The molecule has 0 heterocycles. The molecule has 1 saturated carbocycles. The first-order chi connectivity index (χ1) is 7.26. The zero-order chi connectivity index (χ0) is 11.1. The third kappa shape index (κ3) is 4.44. The number of ether oxygens (including phenoxy) is 1. The average Bonchev–Trinajstić information content (AvgIpc) is 2.28. The second-order valence-electron chi connectivity index (χ2n) is 4.00. The van der Waals surface area contributed by atoms with E-state index in [0.29, 0.717) is 25.0 Å². The van der Waals surface area contributed by atoms with E-state index in [9.17, 15) is 4.79 Å². The number of nitrogens with one attached hydrogen (secondary N) is 1. The van der Waals surface area contributed by atoms with Crippen molar-refractivity contribution in [3.8, 4) is 0 Å². The Bertz CT molecular complexity index is 210. The van der Waals surface area contributed by atoms with E-state index in [-0.39, 0.29) is 5.91 Å². The van der Waals surface area contributed by atoms with E-state index in [1.807, 2.05) is 0 Å². The van der Waals surface area contributed by atoms with E-state index in [4.69, 9.17) is 9.94 Å². The van der Waals surface area contributed by atoms with E-state index in [0.717, 1.165) is 25.7 Å². The molecule has 0 aliphatic heterocycles. The summed E-state index contributed by atoms with van der Waals surface area (Å²) in [5.74, 6) is 0.103. The van der Waals surface area contributed by atoms with Crippen molar-refractivity contribution in [2.75, 3.05) is 6.61 Å². The number of hydrogen-bond donors (Lipinski definition) is 2. The fourth-order valence-electron chi connectivity index (χ4n) is 2.01. The van der Waals surface area contributed by atoms with Gasteiger partial charge in [-0.15, -0.1) is 6.58 Å². The number of hydroxylamine groups is 1. The molecule has 1 rings (SSSR count). The zero-order valence-corrected chi connectivity index (χ0v) is 8.95. The van der Waals surface area contributed by atoms with Crippen LogP contribution in [-0.2, 0) is 9.53 Å². The Morgan fingerprint density at radius 2 is 2.13 bits per heavy atom. The summed E-state index contributed by atoms with van der Waals surface area (Å²) in [6, 6.07) is 0. The smallest absolute Gasteiger partial charge is 0.243 e. The summed E-state index contributed by atoms with van der Waals surface area (Å²) in [6.07, 6.45) is 6.48. The Morgan fingerprint density at radius 3 is 2.67 bits per heavy atom. The maximum absolute atomic E-state index is 10.9. The van der Waals surface area contributed by atoms with Crippen molar-refractivity contribution in [1.29, 1.82) is 0 Å². The molecule has 1 aliphatic rings. The number of carbonyl (C=O) groups is 1. The lowest BCUT2D eigenvalue weighted by Crippen LogP contribution is -2.27. The Hall–Kier alpha value is -0.870. The monoisotopic (exact) mass is 213 g/mol. The Kier molecular flexibility index (Phi) is 5.36. The molecule has 0 atom stereocenters. The molecule has 1 aliphatic carbocycles. The Morgan fingerprint density at radius 1 is 1.47 bits per heavy atom.